The Morgan fingerprint density at radius 2 is 2.05 bits per heavy atom. The number of anilines is 1. The molecule has 5 N–H and O–H groups in total. The van der Waals surface area contributed by atoms with Gasteiger partial charge in [-0.15, -0.1) is 0 Å². The molecule has 1 aromatic carbocycles. The largest absolute Gasteiger partial charge is 0.366 e. The first-order valence-electron chi connectivity index (χ1n) is 6.09. The Kier molecular flexibility index (Phi) is 3.53. The average molecular weight is 265 g/mol. The van der Waals surface area contributed by atoms with Crippen molar-refractivity contribution in [3.8, 4) is 0 Å². The number of carbonyl (C=O) groups is 2. The van der Waals surface area contributed by atoms with Crippen molar-refractivity contribution in [1.82, 2.24) is 0 Å². The Balaban J connectivity index is 2.21. The maximum absolute atomic E-state index is 13.6. The van der Waals surface area contributed by atoms with E-state index in [0.717, 1.165) is 12.5 Å². The zero-order valence-corrected chi connectivity index (χ0v) is 10.4. The second kappa shape index (κ2) is 4.97. The van der Waals surface area contributed by atoms with Gasteiger partial charge in [-0.3, -0.25) is 9.59 Å². The summed E-state index contributed by atoms with van der Waals surface area (Å²) in [6.07, 6.45) is 2.34. The van der Waals surface area contributed by atoms with Crippen LogP contribution in [0.2, 0.25) is 0 Å². The summed E-state index contributed by atoms with van der Waals surface area (Å²) in [4.78, 5) is 23.1. The maximum Gasteiger partial charge on any atom is 0.248 e. The minimum absolute atomic E-state index is 0.0407. The number of hydrogen-bond donors (Lipinski definition) is 3. The van der Waals surface area contributed by atoms with E-state index in [1.54, 1.807) is 0 Å². The fourth-order valence-corrected chi connectivity index (χ4v) is 2.16. The molecule has 1 aliphatic carbocycles. The lowest BCUT2D eigenvalue weighted by atomic mass is 9.68. The number of hydrogen-bond acceptors (Lipinski definition) is 3. The van der Waals surface area contributed by atoms with Crippen molar-refractivity contribution in [1.29, 1.82) is 0 Å². The molecule has 102 valence electrons. The van der Waals surface area contributed by atoms with E-state index in [-0.39, 0.29) is 23.7 Å². The Hall–Kier alpha value is -1.95. The van der Waals surface area contributed by atoms with Crippen LogP contribution < -0.4 is 16.8 Å². The summed E-state index contributed by atoms with van der Waals surface area (Å²) in [6, 6.07) is 3.61. The van der Waals surface area contributed by atoms with E-state index in [9.17, 15) is 14.0 Å². The quantitative estimate of drug-likeness (QED) is 0.757. The Labute approximate surface area is 110 Å². The highest BCUT2D eigenvalue weighted by Gasteiger charge is 2.43. The van der Waals surface area contributed by atoms with E-state index < -0.39 is 17.1 Å². The van der Waals surface area contributed by atoms with Crippen LogP contribution >= 0.6 is 0 Å². The van der Waals surface area contributed by atoms with Crippen molar-refractivity contribution in [2.75, 3.05) is 11.9 Å². The average Bonchev–Trinajstić information content (AvgIpc) is 2.31. The molecule has 1 aromatic rings. The van der Waals surface area contributed by atoms with Gasteiger partial charge in [-0.25, -0.2) is 4.39 Å². The zero-order valence-electron chi connectivity index (χ0n) is 10.4. The molecule has 1 aliphatic rings. The molecule has 0 saturated heterocycles. The molecule has 1 fully saturated rings. The first-order chi connectivity index (χ1) is 8.98. The van der Waals surface area contributed by atoms with Gasteiger partial charge in [0, 0.05) is 12.1 Å². The predicted octanol–water partition coefficient (Wildman–Crippen LogP) is 0.992. The molecule has 1 saturated carbocycles. The van der Waals surface area contributed by atoms with Crippen LogP contribution in [-0.2, 0) is 4.79 Å². The number of halogens is 1. The summed E-state index contributed by atoms with van der Waals surface area (Å²) in [5.41, 5.74) is 10.2. The predicted molar refractivity (Wildman–Crippen MR) is 68.9 cm³/mol. The third kappa shape index (κ3) is 2.44. The molecule has 0 heterocycles. The molecule has 19 heavy (non-hydrogen) atoms. The molecule has 0 radical (unpaired) electrons. The third-order valence-corrected chi connectivity index (χ3v) is 3.68. The van der Waals surface area contributed by atoms with Crippen LogP contribution in [0.25, 0.3) is 0 Å². The van der Waals surface area contributed by atoms with E-state index in [0.29, 0.717) is 12.8 Å². The topological polar surface area (TPSA) is 98.2 Å². The summed E-state index contributed by atoms with van der Waals surface area (Å²) >= 11 is 0. The van der Waals surface area contributed by atoms with Crippen molar-refractivity contribution >= 4 is 17.5 Å². The van der Waals surface area contributed by atoms with Crippen LogP contribution in [0.15, 0.2) is 18.2 Å². The number of rotatable bonds is 4. The van der Waals surface area contributed by atoms with Crippen molar-refractivity contribution < 1.29 is 14.0 Å². The van der Waals surface area contributed by atoms with Gasteiger partial charge < -0.3 is 16.8 Å². The summed E-state index contributed by atoms with van der Waals surface area (Å²) in [7, 11) is 0. The molecule has 0 bridgehead atoms. The number of benzene rings is 1. The maximum atomic E-state index is 13.6. The van der Waals surface area contributed by atoms with Crippen molar-refractivity contribution in [2.45, 2.75) is 19.3 Å². The van der Waals surface area contributed by atoms with E-state index in [1.807, 2.05) is 0 Å². The summed E-state index contributed by atoms with van der Waals surface area (Å²) in [6.45, 7) is 0.232. The van der Waals surface area contributed by atoms with Crippen LogP contribution in [-0.4, -0.2) is 18.4 Å². The summed E-state index contributed by atoms with van der Waals surface area (Å²) in [5.74, 6) is -1.58. The standard InChI is InChI=1S/C13H16FN3O2/c14-9-3-2-8(11(16)18)6-10(9)17-12(19)13(7-15)4-1-5-13/h2-3,6H,1,4-5,7,15H2,(H2,16,18)(H,17,19). The van der Waals surface area contributed by atoms with Gasteiger partial charge in [0.15, 0.2) is 0 Å². The van der Waals surface area contributed by atoms with E-state index in [2.05, 4.69) is 5.32 Å². The molecule has 0 atom stereocenters. The molecule has 0 aromatic heterocycles. The van der Waals surface area contributed by atoms with Gasteiger partial charge in [0.25, 0.3) is 0 Å². The Morgan fingerprint density at radius 1 is 1.37 bits per heavy atom. The SMILES string of the molecule is NCC1(C(=O)Nc2cc(C(N)=O)ccc2F)CCC1. The highest BCUT2D eigenvalue weighted by Crippen LogP contribution is 2.41. The van der Waals surface area contributed by atoms with Crippen molar-refractivity contribution in [2.24, 2.45) is 16.9 Å². The lowest BCUT2D eigenvalue weighted by Crippen LogP contribution is -2.47. The van der Waals surface area contributed by atoms with Crippen LogP contribution in [0.3, 0.4) is 0 Å². The first-order valence-corrected chi connectivity index (χ1v) is 6.09. The zero-order chi connectivity index (χ0) is 14.0. The van der Waals surface area contributed by atoms with Gasteiger partial charge in [-0.2, -0.15) is 0 Å². The number of carbonyl (C=O) groups excluding carboxylic acids is 2. The summed E-state index contributed by atoms with van der Waals surface area (Å²) in [5, 5.41) is 2.50. The highest BCUT2D eigenvalue weighted by atomic mass is 19.1. The molecular formula is C13H16FN3O2. The van der Waals surface area contributed by atoms with E-state index in [1.165, 1.54) is 12.1 Å². The molecule has 6 heteroatoms. The van der Waals surface area contributed by atoms with Crippen LogP contribution in [0.4, 0.5) is 10.1 Å². The second-order valence-corrected chi connectivity index (χ2v) is 4.85. The number of nitrogens with one attached hydrogen (secondary N) is 1. The normalized spacial score (nSPS) is 16.5. The molecule has 0 aliphatic heterocycles. The van der Waals surface area contributed by atoms with Crippen LogP contribution in [0, 0.1) is 11.2 Å². The third-order valence-electron chi connectivity index (χ3n) is 3.68. The minimum Gasteiger partial charge on any atom is -0.366 e. The first kappa shape index (κ1) is 13.5. The fourth-order valence-electron chi connectivity index (χ4n) is 2.16. The van der Waals surface area contributed by atoms with Gasteiger partial charge in [0.2, 0.25) is 11.8 Å². The van der Waals surface area contributed by atoms with E-state index >= 15 is 0 Å². The van der Waals surface area contributed by atoms with E-state index in [4.69, 9.17) is 11.5 Å². The lowest BCUT2D eigenvalue weighted by Gasteiger charge is -2.39. The highest BCUT2D eigenvalue weighted by molar-refractivity contribution is 5.98. The Morgan fingerprint density at radius 3 is 2.53 bits per heavy atom. The molecule has 2 amide bonds. The fraction of sp³-hybridized carbons (Fsp3) is 0.385. The number of amides is 2. The monoisotopic (exact) mass is 265 g/mol. The second-order valence-electron chi connectivity index (χ2n) is 4.85. The van der Waals surface area contributed by atoms with Crippen molar-refractivity contribution in [3.05, 3.63) is 29.6 Å². The number of primary amides is 1. The minimum atomic E-state index is -0.673. The van der Waals surface area contributed by atoms with Crippen LogP contribution in [0.5, 0.6) is 0 Å². The molecule has 5 nitrogen and oxygen atoms in total. The smallest absolute Gasteiger partial charge is 0.248 e. The van der Waals surface area contributed by atoms with Gasteiger partial charge >= 0.3 is 0 Å². The molecule has 0 unspecified atom stereocenters. The van der Waals surface area contributed by atoms with Gasteiger partial charge in [0.05, 0.1) is 11.1 Å². The van der Waals surface area contributed by atoms with Gasteiger partial charge in [-0.1, -0.05) is 6.42 Å². The van der Waals surface area contributed by atoms with Gasteiger partial charge in [-0.05, 0) is 31.0 Å². The van der Waals surface area contributed by atoms with Crippen LogP contribution in [0.1, 0.15) is 29.6 Å². The summed E-state index contributed by atoms with van der Waals surface area (Å²) < 4.78 is 13.6. The number of nitrogens with two attached hydrogens (primary N) is 2. The molecule has 0 spiro atoms. The molecular weight excluding hydrogens is 249 g/mol. The molecule has 2 rings (SSSR count). The lowest BCUT2D eigenvalue weighted by molar-refractivity contribution is -0.129. The van der Waals surface area contributed by atoms with Crippen molar-refractivity contribution in [3.63, 3.8) is 0 Å². The Bertz CT molecular complexity index is 521. The van der Waals surface area contributed by atoms with Gasteiger partial charge in [0.1, 0.15) is 5.82 Å².